The fraction of sp³-hybridized carbons (Fsp3) is 0.429. The molecule has 0 bridgehead atoms. The summed E-state index contributed by atoms with van der Waals surface area (Å²) in [6.07, 6.45) is 0. The second-order valence-electron chi connectivity index (χ2n) is 1.74. The molecule has 1 aromatic heterocycles. The highest BCUT2D eigenvalue weighted by atomic mass is 32.1. The summed E-state index contributed by atoms with van der Waals surface area (Å²) in [4.78, 5) is 0. The van der Waals surface area contributed by atoms with Crippen molar-refractivity contribution in [3.05, 3.63) is 10.8 Å². The first-order valence-electron chi connectivity index (χ1n) is 3.11. The van der Waals surface area contributed by atoms with Gasteiger partial charge in [0.15, 0.2) is 11.5 Å². The molecular weight excluding hydrogens is 148 g/mol. The Kier molecular flexibility index (Phi) is 2.57. The van der Waals surface area contributed by atoms with Crippen LogP contribution in [-0.4, -0.2) is 13.7 Å². The molecule has 1 heterocycles. The SMILES string of the molecule is CCOc1cscc1OC. The van der Waals surface area contributed by atoms with Gasteiger partial charge in [0.1, 0.15) is 0 Å². The van der Waals surface area contributed by atoms with Gasteiger partial charge in [-0.3, -0.25) is 0 Å². The Morgan fingerprint density at radius 2 is 2.10 bits per heavy atom. The number of rotatable bonds is 3. The van der Waals surface area contributed by atoms with Crippen molar-refractivity contribution in [3.63, 3.8) is 0 Å². The third kappa shape index (κ3) is 1.42. The molecule has 0 unspecified atom stereocenters. The lowest BCUT2D eigenvalue weighted by molar-refractivity contribution is 0.313. The molecule has 0 aliphatic heterocycles. The smallest absolute Gasteiger partial charge is 0.171 e. The lowest BCUT2D eigenvalue weighted by Gasteiger charge is -2.01. The summed E-state index contributed by atoms with van der Waals surface area (Å²) in [7, 11) is 1.64. The Morgan fingerprint density at radius 3 is 2.70 bits per heavy atom. The predicted octanol–water partition coefficient (Wildman–Crippen LogP) is 2.16. The molecule has 0 atom stereocenters. The standard InChI is InChI=1S/C7H10O2S/c1-3-9-7-5-10-4-6(7)8-2/h4-5H,3H2,1-2H3. The largest absolute Gasteiger partial charge is 0.492 e. The molecule has 0 saturated carbocycles. The molecular formula is C7H10O2S. The van der Waals surface area contributed by atoms with E-state index >= 15 is 0 Å². The molecule has 1 rings (SSSR count). The quantitative estimate of drug-likeness (QED) is 0.671. The lowest BCUT2D eigenvalue weighted by atomic mass is 10.5. The van der Waals surface area contributed by atoms with E-state index in [0.29, 0.717) is 6.61 Å². The summed E-state index contributed by atoms with van der Waals surface area (Å²) in [5.74, 6) is 1.67. The van der Waals surface area contributed by atoms with Gasteiger partial charge in [-0.1, -0.05) is 0 Å². The first-order chi connectivity index (χ1) is 4.88. The molecule has 2 nitrogen and oxygen atoms in total. The van der Waals surface area contributed by atoms with Gasteiger partial charge < -0.3 is 9.47 Å². The Bertz CT molecular complexity index is 195. The number of ether oxygens (including phenoxy) is 2. The van der Waals surface area contributed by atoms with E-state index in [2.05, 4.69) is 0 Å². The van der Waals surface area contributed by atoms with Crippen molar-refractivity contribution in [2.75, 3.05) is 13.7 Å². The van der Waals surface area contributed by atoms with Crippen LogP contribution in [0.3, 0.4) is 0 Å². The van der Waals surface area contributed by atoms with E-state index < -0.39 is 0 Å². The average molecular weight is 158 g/mol. The molecule has 56 valence electrons. The molecule has 0 aliphatic carbocycles. The van der Waals surface area contributed by atoms with Gasteiger partial charge in [-0.25, -0.2) is 0 Å². The highest BCUT2D eigenvalue weighted by Gasteiger charge is 2.01. The number of hydrogen-bond acceptors (Lipinski definition) is 3. The normalized spacial score (nSPS) is 9.40. The van der Waals surface area contributed by atoms with Crippen molar-refractivity contribution in [2.45, 2.75) is 6.92 Å². The minimum atomic E-state index is 0.688. The van der Waals surface area contributed by atoms with Crippen molar-refractivity contribution >= 4 is 11.3 Å². The van der Waals surface area contributed by atoms with Crippen LogP contribution in [0, 0.1) is 0 Å². The van der Waals surface area contributed by atoms with Gasteiger partial charge in [0.2, 0.25) is 0 Å². The highest BCUT2D eigenvalue weighted by Crippen LogP contribution is 2.30. The van der Waals surface area contributed by atoms with E-state index in [4.69, 9.17) is 9.47 Å². The molecule has 0 aromatic carbocycles. The van der Waals surface area contributed by atoms with E-state index in [0.717, 1.165) is 11.5 Å². The third-order valence-corrected chi connectivity index (χ3v) is 1.81. The maximum absolute atomic E-state index is 5.25. The van der Waals surface area contributed by atoms with Crippen LogP contribution in [0.4, 0.5) is 0 Å². The molecule has 0 N–H and O–H groups in total. The van der Waals surface area contributed by atoms with Gasteiger partial charge in [-0.2, -0.15) is 0 Å². The fourth-order valence-electron chi connectivity index (χ4n) is 0.683. The van der Waals surface area contributed by atoms with E-state index in [1.54, 1.807) is 18.4 Å². The molecule has 0 aliphatic rings. The second-order valence-corrected chi connectivity index (χ2v) is 2.48. The molecule has 0 amide bonds. The fourth-order valence-corrected chi connectivity index (χ4v) is 1.39. The summed E-state index contributed by atoms with van der Waals surface area (Å²) in [5, 5.41) is 3.85. The van der Waals surface area contributed by atoms with E-state index in [-0.39, 0.29) is 0 Å². The summed E-state index contributed by atoms with van der Waals surface area (Å²) in [5.41, 5.74) is 0. The van der Waals surface area contributed by atoms with E-state index in [9.17, 15) is 0 Å². The van der Waals surface area contributed by atoms with Gasteiger partial charge in [0.05, 0.1) is 13.7 Å². The first-order valence-corrected chi connectivity index (χ1v) is 4.05. The summed E-state index contributed by atoms with van der Waals surface area (Å²) in [6.45, 7) is 2.64. The molecule has 0 radical (unpaired) electrons. The van der Waals surface area contributed by atoms with Gasteiger partial charge in [0, 0.05) is 10.8 Å². The van der Waals surface area contributed by atoms with Gasteiger partial charge in [-0.05, 0) is 6.92 Å². The third-order valence-electron chi connectivity index (χ3n) is 1.11. The molecule has 0 spiro atoms. The molecule has 0 saturated heterocycles. The van der Waals surface area contributed by atoms with Crippen LogP contribution < -0.4 is 9.47 Å². The zero-order valence-electron chi connectivity index (χ0n) is 6.09. The van der Waals surface area contributed by atoms with Gasteiger partial charge >= 0.3 is 0 Å². The highest BCUT2D eigenvalue weighted by molar-refractivity contribution is 7.08. The first kappa shape index (κ1) is 7.41. The van der Waals surface area contributed by atoms with Gasteiger partial charge in [-0.15, -0.1) is 11.3 Å². The lowest BCUT2D eigenvalue weighted by Crippen LogP contribution is -1.91. The van der Waals surface area contributed by atoms with Crippen molar-refractivity contribution in [1.82, 2.24) is 0 Å². The molecule has 3 heteroatoms. The minimum Gasteiger partial charge on any atom is -0.492 e. The summed E-state index contributed by atoms with van der Waals surface area (Å²) >= 11 is 1.58. The van der Waals surface area contributed by atoms with Crippen LogP contribution in [0.1, 0.15) is 6.92 Å². The van der Waals surface area contributed by atoms with Crippen molar-refractivity contribution in [3.8, 4) is 11.5 Å². The Balaban J connectivity index is 2.70. The Hall–Kier alpha value is -0.700. The van der Waals surface area contributed by atoms with Crippen molar-refractivity contribution < 1.29 is 9.47 Å². The van der Waals surface area contributed by atoms with Crippen LogP contribution in [0.15, 0.2) is 10.8 Å². The zero-order chi connectivity index (χ0) is 7.40. The number of hydrogen-bond donors (Lipinski definition) is 0. The number of methoxy groups -OCH3 is 1. The Labute approximate surface area is 64.4 Å². The second kappa shape index (κ2) is 3.46. The van der Waals surface area contributed by atoms with E-state index in [1.807, 2.05) is 17.7 Å². The maximum atomic E-state index is 5.25. The van der Waals surface area contributed by atoms with Crippen LogP contribution in [0.2, 0.25) is 0 Å². The topological polar surface area (TPSA) is 18.5 Å². The van der Waals surface area contributed by atoms with Crippen molar-refractivity contribution in [1.29, 1.82) is 0 Å². The van der Waals surface area contributed by atoms with Crippen LogP contribution >= 0.6 is 11.3 Å². The van der Waals surface area contributed by atoms with Crippen LogP contribution in [-0.2, 0) is 0 Å². The van der Waals surface area contributed by atoms with Crippen LogP contribution in [0.5, 0.6) is 11.5 Å². The van der Waals surface area contributed by atoms with Crippen molar-refractivity contribution in [2.24, 2.45) is 0 Å². The Morgan fingerprint density at radius 1 is 1.40 bits per heavy atom. The number of thiophene rings is 1. The molecule has 1 aromatic rings. The molecule has 10 heavy (non-hydrogen) atoms. The van der Waals surface area contributed by atoms with Crippen LogP contribution in [0.25, 0.3) is 0 Å². The minimum absolute atomic E-state index is 0.688. The predicted molar refractivity (Wildman–Crippen MR) is 42.0 cm³/mol. The average Bonchev–Trinajstić information content (AvgIpc) is 2.36. The van der Waals surface area contributed by atoms with Gasteiger partial charge in [0.25, 0.3) is 0 Å². The summed E-state index contributed by atoms with van der Waals surface area (Å²) < 4.78 is 10.3. The monoisotopic (exact) mass is 158 g/mol. The van der Waals surface area contributed by atoms with E-state index in [1.165, 1.54) is 0 Å². The summed E-state index contributed by atoms with van der Waals surface area (Å²) in [6, 6.07) is 0. The maximum Gasteiger partial charge on any atom is 0.171 e. The zero-order valence-corrected chi connectivity index (χ0v) is 6.90. The molecule has 0 fully saturated rings.